The maximum Gasteiger partial charge on any atom is 0.319 e. The Bertz CT molecular complexity index is 928. The summed E-state index contributed by atoms with van der Waals surface area (Å²) in [7, 11) is 0. The Balaban J connectivity index is 1.97. The first kappa shape index (κ1) is 18.1. The number of rotatable bonds is 3. The quantitative estimate of drug-likeness (QED) is 0.637. The van der Waals surface area contributed by atoms with Gasteiger partial charge in [0.1, 0.15) is 5.75 Å². The number of aromatic hydroxyl groups is 1. The van der Waals surface area contributed by atoms with Gasteiger partial charge in [-0.15, -0.1) is 0 Å². The summed E-state index contributed by atoms with van der Waals surface area (Å²) < 4.78 is 0. The smallest absolute Gasteiger partial charge is 0.319 e. The molecule has 4 N–H and O–H groups in total. The molecular weight excluding hydrogens is 377 g/mol. The molecule has 0 fully saturated rings. The van der Waals surface area contributed by atoms with Gasteiger partial charge in [0, 0.05) is 16.4 Å². The summed E-state index contributed by atoms with van der Waals surface area (Å²) in [5.41, 5.74) is 1.84. The lowest BCUT2D eigenvalue weighted by molar-refractivity contribution is -0.113. The van der Waals surface area contributed by atoms with Crippen molar-refractivity contribution in [2.45, 2.75) is 13.0 Å². The van der Waals surface area contributed by atoms with Crippen LogP contribution >= 0.6 is 23.2 Å². The molecule has 0 spiro atoms. The Labute approximate surface area is 159 Å². The molecule has 8 heteroatoms. The molecule has 0 saturated carbocycles. The number of nitrogens with one attached hydrogen (secondary N) is 3. The summed E-state index contributed by atoms with van der Waals surface area (Å²) in [5, 5.41) is 18.3. The highest BCUT2D eigenvalue weighted by Gasteiger charge is 2.31. The second-order valence-electron chi connectivity index (χ2n) is 5.75. The number of allylic oxidation sites excluding steroid dienone is 1. The van der Waals surface area contributed by atoms with Gasteiger partial charge in [0.2, 0.25) is 0 Å². The van der Waals surface area contributed by atoms with Crippen LogP contribution in [0.25, 0.3) is 0 Å². The fraction of sp³-hybridized carbons (Fsp3) is 0.111. The number of anilines is 1. The summed E-state index contributed by atoms with van der Waals surface area (Å²) in [4.78, 5) is 24.7. The highest BCUT2D eigenvalue weighted by molar-refractivity contribution is 6.32. The number of benzene rings is 2. The van der Waals surface area contributed by atoms with Crippen molar-refractivity contribution in [3.05, 3.63) is 69.3 Å². The van der Waals surface area contributed by atoms with Gasteiger partial charge in [-0.05, 0) is 42.8 Å². The van der Waals surface area contributed by atoms with Crippen LogP contribution in [0.3, 0.4) is 0 Å². The lowest BCUT2D eigenvalue weighted by Crippen LogP contribution is -2.45. The first-order valence-corrected chi connectivity index (χ1v) is 8.44. The molecule has 134 valence electrons. The molecule has 1 aliphatic heterocycles. The molecule has 0 unspecified atom stereocenters. The average Bonchev–Trinajstić information content (AvgIpc) is 2.56. The molecule has 3 amide bonds. The van der Waals surface area contributed by atoms with Crippen molar-refractivity contribution in [1.29, 1.82) is 0 Å². The first-order valence-electron chi connectivity index (χ1n) is 7.69. The highest BCUT2D eigenvalue weighted by atomic mass is 35.5. The lowest BCUT2D eigenvalue weighted by atomic mass is 9.94. The van der Waals surface area contributed by atoms with Gasteiger partial charge in [-0.25, -0.2) is 4.79 Å². The topological polar surface area (TPSA) is 90.5 Å². The Morgan fingerprint density at radius 2 is 1.96 bits per heavy atom. The minimum Gasteiger partial charge on any atom is -0.506 e. The SMILES string of the molecule is CC1=C(C(=O)Nc2cccc(Cl)c2)[C@H](c2ccc(O)c(Cl)c2)NC(=O)N1. The van der Waals surface area contributed by atoms with Crippen LogP contribution in [-0.2, 0) is 4.79 Å². The molecule has 0 bridgehead atoms. The fourth-order valence-electron chi connectivity index (χ4n) is 2.71. The van der Waals surface area contributed by atoms with E-state index in [4.69, 9.17) is 23.2 Å². The van der Waals surface area contributed by atoms with Gasteiger partial charge in [-0.1, -0.05) is 35.3 Å². The number of amides is 3. The van der Waals surface area contributed by atoms with E-state index in [1.165, 1.54) is 12.1 Å². The minimum atomic E-state index is -0.721. The maximum absolute atomic E-state index is 12.8. The third kappa shape index (κ3) is 3.76. The summed E-state index contributed by atoms with van der Waals surface area (Å²) in [6, 6.07) is 10.1. The van der Waals surface area contributed by atoms with Crippen LogP contribution in [0.5, 0.6) is 5.75 Å². The highest BCUT2D eigenvalue weighted by Crippen LogP contribution is 2.32. The van der Waals surface area contributed by atoms with E-state index in [1.54, 1.807) is 37.3 Å². The van der Waals surface area contributed by atoms with Crippen molar-refractivity contribution in [3.63, 3.8) is 0 Å². The van der Waals surface area contributed by atoms with E-state index in [9.17, 15) is 14.7 Å². The van der Waals surface area contributed by atoms with E-state index < -0.39 is 18.0 Å². The molecule has 0 aromatic heterocycles. The van der Waals surface area contributed by atoms with Crippen LogP contribution in [-0.4, -0.2) is 17.0 Å². The van der Waals surface area contributed by atoms with Gasteiger partial charge in [-0.3, -0.25) is 4.79 Å². The minimum absolute atomic E-state index is 0.0821. The third-order valence-electron chi connectivity index (χ3n) is 3.90. The molecular formula is C18H15Cl2N3O3. The van der Waals surface area contributed by atoms with Crippen molar-refractivity contribution in [2.24, 2.45) is 0 Å². The molecule has 2 aromatic carbocycles. The van der Waals surface area contributed by atoms with Gasteiger partial charge >= 0.3 is 6.03 Å². The van der Waals surface area contributed by atoms with Gasteiger partial charge in [-0.2, -0.15) is 0 Å². The zero-order chi connectivity index (χ0) is 18.8. The molecule has 2 aromatic rings. The van der Waals surface area contributed by atoms with E-state index in [1.807, 2.05) is 0 Å². The van der Waals surface area contributed by atoms with Crippen molar-refractivity contribution in [3.8, 4) is 5.75 Å². The number of carbonyl (C=O) groups is 2. The van der Waals surface area contributed by atoms with Crippen molar-refractivity contribution in [2.75, 3.05) is 5.32 Å². The number of phenolic OH excluding ortho intramolecular Hbond substituents is 1. The maximum atomic E-state index is 12.8. The van der Waals surface area contributed by atoms with E-state index in [-0.39, 0.29) is 10.8 Å². The van der Waals surface area contributed by atoms with Crippen LogP contribution in [0, 0.1) is 0 Å². The Morgan fingerprint density at radius 1 is 1.19 bits per heavy atom. The largest absolute Gasteiger partial charge is 0.506 e. The Kier molecular flexibility index (Phi) is 5.06. The Morgan fingerprint density at radius 3 is 2.65 bits per heavy atom. The van der Waals surface area contributed by atoms with Crippen LogP contribution in [0.15, 0.2) is 53.7 Å². The molecule has 3 rings (SSSR count). The fourth-order valence-corrected chi connectivity index (χ4v) is 3.09. The predicted molar refractivity (Wildman–Crippen MR) is 100 cm³/mol. The van der Waals surface area contributed by atoms with Gasteiger partial charge in [0.15, 0.2) is 0 Å². The lowest BCUT2D eigenvalue weighted by Gasteiger charge is -2.28. The molecule has 6 nitrogen and oxygen atoms in total. The van der Waals surface area contributed by atoms with Gasteiger partial charge < -0.3 is 21.1 Å². The molecule has 0 aliphatic carbocycles. The van der Waals surface area contributed by atoms with E-state index in [2.05, 4.69) is 16.0 Å². The first-order chi connectivity index (χ1) is 12.3. The van der Waals surface area contributed by atoms with Crippen molar-refractivity contribution >= 4 is 40.8 Å². The number of urea groups is 1. The van der Waals surface area contributed by atoms with Crippen LogP contribution in [0.1, 0.15) is 18.5 Å². The summed E-state index contributed by atoms with van der Waals surface area (Å²) in [5.74, 6) is -0.479. The monoisotopic (exact) mass is 391 g/mol. The number of hydrogen-bond donors (Lipinski definition) is 4. The number of hydrogen-bond acceptors (Lipinski definition) is 3. The van der Waals surface area contributed by atoms with E-state index in [0.29, 0.717) is 27.5 Å². The summed E-state index contributed by atoms with van der Waals surface area (Å²) >= 11 is 11.9. The molecule has 1 aliphatic rings. The number of carbonyl (C=O) groups excluding carboxylic acids is 2. The van der Waals surface area contributed by atoms with Crippen molar-refractivity contribution in [1.82, 2.24) is 10.6 Å². The van der Waals surface area contributed by atoms with Crippen LogP contribution in [0.4, 0.5) is 10.5 Å². The second-order valence-corrected chi connectivity index (χ2v) is 6.59. The van der Waals surface area contributed by atoms with Gasteiger partial charge in [0.25, 0.3) is 5.91 Å². The molecule has 0 radical (unpaired) electrons. The van der Waals surface area contributed by atoms with Crippen LogP contribution in [0.2, 0.25) is 10.0 Å². The number of halogens is 2. The standard InChI is InChI=1S/C18H15Cl2N3O3/c1-9-15(17(25)22-12-4-2-3-11(19)8-12)16(23-18(26)21-9)10-5-6-14(24)13(20)7-10/h2-8,16,24H,1H3,(H,22,25)(H2,21,23,26)/t16-/m0/s1. The summed E-state index contributed by atoms with van der Waals surface area (Å²) in [6.07, 6.45) is 0. The van der Waals surface area contributed by atoms with Crippen molar-refractivity contribution < 1.29 is 14.7 Å². The zero-order valence-electron chi connectivity index (χ0n) is 13.6. The number of phenols is 1. The molecule has 1 atom stereocenters. The Hall–Kier alpha value is -2.70. The zero-order valence-corrected chi connectivity index (χ0v) is 15.2. The average molecular weight is 392 g/mol. The van der Waals surface area contributed by atoms with E-state index >= 15 is 0 Å². The van der Waals surface area contributed by atoms with Crippen LogP contribution < -0.4 is 16.0 Å². The van der Waals surface area contributed by atoms with Gasteiger partial charge in [0.05, 0.1) is 16.6 Å². The second kappa shape index (κ2) is 7.27. The summed E-state index contributed by atoms with van der Waals surface area (Å²) in [6.45, 7) is 1.64. The third-order valence-corrected chi connectivity index (χ3v) is 4.44. The molecule has 1 heterocycles. The molecule has 26 heavy (non-hydrogen) atoms. The molecule has 0 saturated heterocycles. The normalized spacial score (nSPS) is 16.7. The van der Waals surface area contributed by atoms with E-state index in [0.717, 1.165) is 0 Å². The predicted octanol–water partition coefficient (Wildman–Crippen LogP) is 3.97.